The van der Waals surface area contributed by atoms with Crippen molar-refractivity contribution >= 4 is 0 Å². The largest absolute Gasteiger partial charge is 0.416 e. The number of alkyl halides is 3. The first-order chi connectivity index (χ1) is 8.79. The second-order valence-corrected chi connectivity index (χ2v) is 4.82. The highest BCUT2D eigenvalue weighted by atomic mass is 19.4. The van der Waals surface area contributed by atoms with Gasteiger partial charge in [0.25, 0.3) is 0 Å². The van der Waals surface area contributed by atoms with E-state index in [1.54, 1.807) is 7.05 Å². The Hall–Kier alpha value is -1.10. The molecule has 0 radical (unpaired) electrons. The van der Waals surface area contributed by atoms with Gasteiger partial charge in [-0.1, -0.05) is 20.3 Å². The molecule has 1 N–H and O–H groups in total. The number of rotatable bonds is 5. The van der Waals surface area contributed by atoms with Gasteiger partial charge < -0.3 is 5.32 Å². The summed E-state index contributed by atoms with van der Waals surface area (Å²) in [5.74, 6) is -0.380. The van der Waals surface area contributed by atoms with Gasteiger partial charge in [0.2, 0.25) is 0 Å². The molecule has 0 saturated heterocycles. The lowest BCUT2D eigenvalue weighted by molar-refractivity contribution is -0.138. The summed E-state index contributed by atoms with van der Waals surface area (Å²) < 4.78 is 52.1. The van der Waals surface area contributed by atoms with E-state index >= 15 is 0 Å². The molecule has 1 aromatic rings. The molecule has 0 aromatic heterocycles. The Balaban J connectivity index is 3.17. The normalized spacial score (nSPS) is 15.3. The average molecular weight is 277 g/mol. The number of hydrogen-bond acceptors (Lipinski definition) is 1. The van der Waals surface area contributed by atoms with Crippen molar-refractivity contribution in [2.24, 2.45) is 5.92 Å². The lowest BCUT2D eigenvalue weighted by Crippen LogP contribution is -2.23. The van der Waals surface area contributed by atoms with Crippen LogP contribution in [-0.4, -0.2) is 7.05 Å². The lowest BCUT2D eigenvalue weighted by atomic mass is 9.91. The van der Waals surface area contributed by atoms with Crippen LogP contribution in [-0.2, 0) is 6.18 Å². The third-order valence-electron chi connectivity index (χ3n) is 3.38. The summed E-state index contributed by atoms with van der Waals surface area (Å²) in [7, 11) is 1.60. The average Bonchev–Trinajstić information content (AvgIpc) is 2.33. The zero-order chi connectivity index (χ0) is 14.6. The van der Waals surface area contributed by atoms with Gasteiger partial charge in [-0.2, -0.15) is 13.2 Å². The van der Waals surface area contributed by atoms with Gasteiger partial charge in [0, 0.05) is 6.04 Å². The van der Waals surface area contributed by atoms with Crippen LogP contribution < -0.4 is 5.32 Å². The molecule has 0 aliphatic rings. The molecule has 0 aliphatic carbocycles. The van der Waals surface area contributed by atoms with Crippen molar-refractivity contribution < 1.29 is 17.6 Å². The summed E-state index contributed by atoms with van der Waals surface area (Å²) in [6, 6.07) is 2.14. The van der Waals surface area contributed by atoms with Gasteiger partial charge in [0.05, 0.1) is 5.56 Å². The van der Waals surface area contributed by atoms with E-state index in [-0.39, 0.29) is 11.5 Å². The Morgan fingerprint density at radius 1 is 1.26 bits per heavy atom. The minimum absolute atomic E-state index is 0.0182. The Morgan fingerprint density at radius 3 is 2.37 bits per heavy atom. The molecular formula is C14H19F4N. The molecular weight excluding hydrogens is 258 g/mol. The van der Waals surface area contributed by atoms with E-state index in [0.29, 0.717) is 6.42 Å². The maximum absolute atomic E-state index is 13.3. The van der Waals surface area contributed by atoms with Crippen molar-refractivity contribution in [3.63, 3.8) is 0 Å². The van der Waals surface area contributed by atoms with E-state index in [1.807, 2.05) is 13.8 Å². The number of benzene rings is 1. The van der Waals surface area contributed by atoms with Crippen LogP contribution in [0, 0.1) is 11.7 Å². The van der Waals surface area contributed by atoms with Crippen LogP contribution in [0.4, 0.5) is 17.6 Å². The molecule has 2 atom stereocenters. The van der Waals surface area contributed by atoms with Gasteiger partial charge in [0.15, 0.2) is 0 Å². The van der Waals surface area contributed by atoms with E-state index in [9.17, 15) is 17.6 Å². The van der Waals surface area contributed by atoms with Gasteiger partial charge >= 0.3 is 6.18 Å². The first-order valence-corrected chi connectivity index (χ1v) is 6.33. The maximum Gasteiger partial charge on any atom is 0.416 e. The zero-order valence-electron chi connectivity index (χ0n) is 11.3. The van der Waals surface area contributed by atoms with Crippen LogP contribution in [0.3, 0.4) is 0 Å². The number of nitrogens with one attached hydrogen (secondary N) is 1. The summed E-state index contributed by atoms with van der Waals surface area (Å²) in [6.07, 6.45) is -3.05. The predicted molar refractivity (Wildman–Crippen MR) is 67.3 cm³/mol. The predicted octanol–water partition coefficient (Wildman–Crippen LogP) is 4.54. The molecule has 108 valence electrons. The monoisotopic (exact) mass is 277 g/mol. The molecule has 0 heterocycles. The van der Waals surface area contributed by atoms with E-state index in [0.717, 1.165) is 24.6 Å². The fourth-order valence-corrected chi connectivity index (χ4v) is 2.05. The molecule has 0 spiro atoms. The number of hydrogen-bond donors (Lipinski definition) is 1. The van der Waals surface area contributed by atoms with Crippen LogP contribution in [0.5, 0.6) is 0 Å². The SMILES string of the molecule is CCC(C)CC(NC)c1cc(F)ccc1C(F)(F)F. The fraction of sp³-hybridized carbons (Fsp3) is 0.571. The molecule has 1 nitrogen and oxygen atoms in total. The second-order valence-electron chi connectivity index (χ2n) is 4.82. The third-order valence-corrected chi connectivity index (χ3v) is 3.38. The minimum atomic E-state index is -4.46. The summed E-state index contributed by atoms with van der Waals surface area (Å²) in [4.78, 5) is 0. The lowest BCUT2D eigenvalue weighted by Gasteiger charge is -2.23. The first-order valence-electron chi connectivity index (χ1n) is 6.33. The Kier molecular flexibility index (Phi) is 5.35. The Bertz CT molecular complexity index is 414. The molecule has 1 rings (SSSR count). The van der Waals surface area contributed by atoms with Gasteiger partial charge in [-0.15, -0.1) is 0 Å². The minimum Gasteiger partial charge on any atom is -0.313 e. The van der Waals surface area contributed by atoms with Crippen molar-refractivity contribution in [1.82, 2.24) is 5.32 Å². The topological polar surface area (TPSA) is 12.0 Å². The van der Waals surface area contributed by atoms with Crippen molar-refractivity contribution in [2.75, 3.05) is 7.05 Å². The van der Waals surface area contributed by atoms with Gasteiger partial charge in [-0.05, 0) is 43.1 Å². The summed E-state index contributed by atoms with van der Waals surface area (Å²) in [5.41, 5.74) is -0.785. The van der Waals surface area contributed by atoms with Crippen molar-refractivity contribution in [1.29, 1.82) is 0 Å². The van der Waals surface area contributed by atoms with Crippen LogP contribution in [0.1, 0.15) is 43.9 Å². The third kappa shape index (κ3) is 4.20. The smallest absolute Gasteiger partial charge is 0.313 e. The van der Waals surface area contributed by atoms with E-state index < -0.39 is 23.6 Å². The number of halogens is 4. The molecule has 0 bridgehead atoms. The van der Waals surface area contributed by atoms with Crippen LogP contribution in [0.2, 0.25) is 0 Å². The van der Waals surface area contributed by atoms with E-state index in [4.69, 9.17) is 0 Å². The maximum atomic E-state index is 13.3. The second kappa shape index (κ2) is 6.37. The van der Waals surface area contributed by atoms with E-state index in [2.05, 4.69) is 5.32 Å². The molecule has 5 heteroatoms. The standard InChI is InChI=1S/C14H19F4N/c1-4-9(2)7-13(19-3)11-8-10(15)5-6-12(11)14(16,17)18/h5-6,8-9,13,19H,4,7H2,1-3H3. The molecule has 0 aliphatic heterocycles. The molecule has 0 saturated carbocycles. The molecule has 0 fully saturated rings. The summed E-state index contributed by atoms with van der Waals surface area (Å²) >= 11 is 0. The summed E-state index contributed by atoms with van der Waals surface area (Å²) in [5, 5.41) is 2.86. The van der Waals surface area contributed by atoms with Crippen molar-refractivity contribution in [2.45, 2.75) is 38.9 Å². The van der Waals surface area contributed by atoms with Crippen LogP contribution >= 0.6 is 0 Å². The molecule has 19 heavy (non-hydrogen) atoms. The van der Waals surface area contributed by atoms with E-state index in [1.165, 1.54) is 0 Å². The summed E-state index contributed by atoms with van der Waals surface area (Å²) in [6.45, 7) is 3.95. The zero-order valence-corrected chi connectivity index (χ0v) is 11.3. The van der Waals surface area contributed by atoms with Crippen molar-refractivity contribution in [3.8, 4) is 0 Å². The van der Waals surface area contributed by atoms with Gasteiger partial charge in [0.1, 0.15) is 5.82 Å². The fourth-order valence-electron chi connectivity index (χ4n) is 2.05. The van der Waals surface area contributed by atoms with Crippen molar-refractivity contribution in [3.05, 3.63) is 35.1 Å². The van der Waals surface area contributed by atoms with Crippen LogP contribution in [0.15, 0.2) is 18.2 Å². The first kappa shape index (κ1) is 16.0. The Morgan fingerprint density at radius 2 is 1.89 bits per heavy atom. The highest BCUT2D eigenvalue weighted by Gasteiger charge is 2.35. The molecule has 1 aromatic carbocycles. The van der Waals surface area contributed by atoms with Gasteiger partial charge in [-0.25, -0.2) is 4.39 Å². The molecule has 0 amide bonds. The highest BCUT2D eigenvalue weighted by Crippen LogP contribution is 2.36. The van der Waals surface area contributed by atoms with Gasteiger partial charge in [-0.3, -0.25) is 0 Å². The highest BCUT2D eigenvalue weighted by molar-refractivity contribution is 5.33. The molecule has 2 unspecified atom stereocenters. The quantitative estimate of drug-likeness (QED) is 0.779. The van der Waals surface area contributed by atoms with Crippen LogP contribution in [0.25, 0.3) is 0 Å². The Labute approximate surface area is 111 Å².